The van der Waals surface area contributed by atoms with Crippen LogP contribution in [0.3, 0.4) is 0 Å². The molecule has 0 bridgehead atoms. The first kappa shape index (κ1) is 17.8. The fraction of sp³-hybridized carbons (Fsp3) is 0.500. The third-order valence-corrected chi connectivity index (χ3v) is 5.42. The molecule has 2 aromatic rings. The standard InChI is InChI=1S/C16H22N4O4S/c1-2-10-20-16(6-9-18-20)25(21,22)19-13-7-11-23-12-14(13)24-15-5-3-4-8-17-15/h3-6,8-9,13-14,19H,2,7,10-12H2,1H3/t13-,14-/m1/s1. The number of ether oxygens (including phenoxy) is 2. The van der Waals surface area contributed by atoms with Crippen LogP contribution in [0.4, 0.5) is 0 Å². The monoisotopic (exact) mass is 366 g/mol. The molecule has 9 heteroatoms. The van der Waals surface area contributed by atoms with Crippen LogP contribution in [0, 0.1) is 0 Å². The van der Waals surface area contributed by atoms with Gasteiger partial charge in [-0.25, -0.2) is 18.1 Å². The molecule has 1 saturated heterocycles. The smallest absolute Gasteiger partial charge is 0.258 e. The maximum Gasteiger partial charge on any atom is 0.258 e. The molecule has 1 aliphatic heterocycles. The summed E-state index contributed by atoms with van der Waals surface area (Å²) in [5.41, 5.74) is 0. The van der Waals surface area contributed by atoms with E-state index in [1.54, 1.807) is 18.3 Å². The maximum atomic E-state index is 12.8. The Morgan fingerprint density at radius 2 is 2.24 bits per heavy atom. The summed E-state index contributed by atoms with van der Waals surface area (Å²) in [7, 11) is -3.70. The fourth-order valence-corrected chi connectivity index (χ4v) is 4.17. The topological polar surface area (TPSA) is 95.3 Å². The molecule has 3 rings (SSSR count). The predicted octanol–water partition coefficient (Wildman–Crippen LogP) is 1.20. The molecular weight excluding hydrogens is 344 g/mol. The summed E-state index contributed by atoms with van der Waals surface area (Å²) in [6.07, 6.45) is 4.00. The molecule has 0 radical (unpaired) electrons. The number of hydrogen-bond donors (Lipinski definition) is 1. The number of aryl methyl sites for hydroxylation is 1. The summed E-state index contributed by atoms with van der Waals surface area (Å²) < 4.78 is 41.1. The van der Waals surface area contributed by atoms with Gasteiger partial charge in [0.15, 0.2) is 5.03 Å². The van der Waals surface area contributed by atoms with Gasteiger partial charge in [-0.1, -0.05) is 13.0 Å². The van der Waals surface area contributed by atoms with Crippen molar-refractivity contribution in [3.63, 3.8) is 0 Å². The van der Waals surface area contributed by atoms with Crippen LogP contribution in [0.15, 0.2) is 41.7 Å². The predicted molar refractivity (Wildman–Crippen MR) is 90.7 cm³/mol. The highest BCUT2D eigenvalue weighted by atomic mass is 32.2. The molecule has 0 unspecified atom stereocenters. The molecule has 0 spiro atoms. The van der Waals surface area contributed by atoms with Gasteiger partial charge < -0.3 is 9.47 Å². The Labute approximate surface area is 147 Å². The lowest BCUT2D eigenvalue weighted by Crippen LogP contribution is -2.51. The normalized spacial score (nSPS) is 21.2. The van der Waals surface area contributed by atoms with E-state index in [4.69, 9.17) is 9.47 Å². The van der Waals surface area contributed by atoms with Crippen LogP contribution in [0.5, 0.6) is 5.88 Å². The van der Waals surface area contributed by atoms with E-state index in [0.717, 1.165) is 6.42 Å². The highest BCUT2D eigenvalue weighted by Gasteiger charge is 2.33. The van der Waals surface area contributed by atoms with Crippen molar-refractivity contribution < 1.29 is 17.9 Å². The van der Waals surface area contributed by atoms with E-state index in [1.807, 2.05) is 13.0 Å². The van der Waals surface area contributed by atoms with Crippen LogP contribution < -0.4 is 9.46 Å². The van der Waals surface area contributed by atoms with Crippen LogP contribution in [0.2, 0.25) is 0 Å². The highest BCUT2D eigenvalue weighted by Crippen LogP contribution is 2.18. The molecule has 2 atom stereocenters. The first-order valence-corrected chi connectivity index (χ1v) is 9.78. The Morgan fingerprint density at radius 1 is 1.36 bits per heavy atom. The molecule has 1 N–H and O–H groups in total. The van der Waals surface area contributed by atoms with Crippen molar-refractivity contribution in [1.29, 1.82) is 0 Å². The molecule has 2 aromatic heterocycles. The summed E-state index contributed by atoms with van der Waals surface area (Å²) in [6, 6.07) is 6.45. The van der Waals surface area contributed by atoms with Gasteiger partial charge in [-0.2, -0.15) is 5.10 Å². The summed E-state index contributed by atoms with van der Waals surface area (Å²) in [5, 5.41) is 4.25. The lowest BCUT2D eigenvalue weighted by atomic mass is 10.1. The average molecular weight is 366 g/mol. The van der Waals surface area contributed by atoms with Gasteiger partial charge in [0, 0.05) is 25.4 Å². The van der Waals surface area contributed by atoms with Crippen molar-refractivity contribution in [3.05, 3.63) is 36.7 Å². The minimum absolute atomic E-state index is 0.164. The van der Waals surface area contributed by atoms with Gasteiger partial charge >= 0.3 is 0 Å². The zero-order valence-corrected chi connectivity index (χ0v) is 14.9. The van der Waals surface area contributed by atoms with Crippen molar-refractivity contribution in [2.75, 3.05) is 13.2 Å². The van der Waals surface area contributed by atoms with Crippen molar-refractivity contribution in [2.24, 2.45) is 0 Å². The minimum Gasteiger partial charge on any atom is -0.470 e. The number of rotatable bonds is 7. The number of aromatic nitrogens is 3. The molecule has 3 heterocycles. The second kappa shape index (κ2) is 7.94. The highest BCUT2D eigenvalue weighted by molar-refractivity contribution is 7.89. The number of nitrogens with zero attached hydrogens (tertiary/aromatic N) is 3. The Bertz CT molecular complexity index is 778. The third kappa shape index (κ3) is 4.36. The molecule has 0 amide bonds. The van der Waals surface area contributed by atoms with E-state index < -0.39 is 22.2 Å². The summed E-state index contributed by atoms with van der Waals surface area (Å²) in [6.45, 7) is 3.30. The van der Waals surface area contributed by atoms with E-state index in [1.165, 1.54) is 16.9 Å². The van der Waals surface area contributed by atoms with Crippen LogP contribution in [-0.2, 0) is 21.3 Å². The Balaban J connectivity index is 1.75. The zero-order valence-electron chi connectivity index (χ0n) is 14.0. The summed E-state index contributed by atoms with van der Waals surface area (Å²) in [4.78, 5) is 4.12. The van der Waals surface area contributed by atoms with Crippen LogP contribution in [0.1, 0.15) is 19.8 Å². The van der Waals surface area contributed by atoms with Gasteiger partial charge in [0.2, 0.25) is 5.88 Å². The van der Waals surface area contributed by atoms with Gasteiger partial charge in [0.25, 0.3) is 10.0 Å². The van der Waals surface area contributed by atoms with Crippen LogP contribution in [-0.4, -0.2) is 48.5 Å². The fourth-order valence-electron chi connectivity index (χ4n) is 2.72. The molecule has 1 aliphatic rings. The average Bonchev–Trinajstić information content (AvgIpc) is 3.07. The summed E-state index contributed by atoms with van der Waals surface area (Å²) >= 11 is 0. The SMILES string of the molecule is CCCn1nccc1S(=O)(=O)N[C@@H]1CCOC[C@H]1Oc1ccccn1. The third-order valence-electron chi connectivity index (χ3n) is 3.91. The molecule has 1 fully saturated rings. The van der Waals surface area contributed by atoms with Gasteiger partial charge in [-0.3, -0.25) is 4.68 Å². The molecule has 0 aromatic carbocycles. The van der Waals surface area contributed by atoms with Crippen molar-refractivity contribution >= 4 is 10.0 Å². The summed E-state index contributed by atoms with van der Waals surface area (Å²) in [5.74, 6) is 0.443. The molecule has 8 nitrogen and oxygen atoms in total. The second-order valence-electron chi connectivity index (χ2n) is 5.81. The second-order valence-corrected chi connectivity index (χ2v) is 7.47. The van der Waals surface area contributed by atoms with Gasteiger partial charge in [-0.05, 0) is 25.0 Å². The molecule has 0 saturated carbocycles. The number of hydrogen-bond acceptors (Lipinski definition) is 6. The van der Waals surface area contributed by atoms with E-state index in [0.29, 0.717) is 32.1 Å². The number of sulfonamides is 1. The van der Waals surface area contributed by atoms with Gasteiger partial charge in [0.05, 0.1) is 18.8 Å². The van der Waals surface area contributed by atoms with Gasteiger partial charge in [0.1, 0.15) is 6.10 Å². The lowest BCUT2D eigenvalue weighted by molar-refractivity contribution is -0.0111. The Morgan fingerprint density at radius 3 is 3.00 bits per heavy atom. The first-order valence-electron chi connectivity index (χ1n) is 8.29. The quantitative estimate of drug-likeness (QED) is 0.791. The molecule has 25 heavy (non-hydrogen) atoms. The zero-order chi connectivity index (χ0) is 17.7. The Kier molecular flexibility index (Phi) is 5.67. The van der Waals surface area contributed by atoms with Crippen molar-refractivity contribution in [3.8, 4) is 5.88 Å². The molecule has 0 aliphatic carbocycles. The molecular formula is C16H22N4O4S. The van der Waals surface area contributed by atoms with Crippen molar-refractivity contribution in [1.82, 2.24) is 19.5 Å². The van der Waals surface area contributed by atoms with E-state index in [9.17, 15) is 8.42 Å². The molecule has 136 valence electrons. The minimum atomic E-state index is -3.70. The van der Waals surface area contributed by atoms with Crippen LogP contribution in [0.25, 0.3) is 0 Å². The van der Waals surface area contributed by atoms with E-state index in [-0.39, 0.29) is 5.03 Å². The number of nitrogens with one attached hydrogen (secondary N) is 1. The largest absolute Gasteiger partial charge is 0.470 e. The van der Waals surface area contributed by atoms with Crippen LogP contribution >= 0.6 is 0 Å². The maximum absolute atomic E-state index is 12.8. The van der Waals surface area contributed by atoms with E-state index >= 15 is 0 Å². The number of pyridine rings is 1. The van der Waals surface area contributed by atoms with E-state index in [2.05, 4.69) is 14.8 Å². The Hall–Kier alpha value is -1.97. The van der Waals surface area contributed by atoms with Crippen molar-refractivity contribution in [2.45, 2.75) is 43.5 Å². The lowest BCUT2D eigenvalue weighted by Gasteiger charge is -2.31. The van der Waals surface area contributed by atoms with Gasteiger partial charge in [-0.15, -0.1) is 0 Å². The first-order chi connectivity index (χ1) is 12.1.